The molecule has 2 atom stereocenters. The first-order valence-corrected chi connectivity index (χ1v) is 9.99. The van der Waals surface area contributed by atoms with E-state index in [4.69, 9.17) is 0 Å². The topological polar surface area (TPSA) is 70.6 Å². The van der Waals surface area contributed by atoms with E-state index < -0.39 is 9.84 Å². The van der Waals surface area contributed by atoms with E-state index in [0.717, 1.165) is 6.54 Å². The fourth-order valence-electron chi connectivity index (χ4n) is 1.81. The molecule has 1 heterocycles. The van der Waals surface area contributed by atoms with Crippen LogP contribution in [0.15, 0.2) is 21.8 Å². The van der Waals surface area contributed by atoms with Crippen molar-refractivity contribution in [3.63, 3.8) is 0 Å². The summed E-state index contributed by atoms with van der Waals surface area (Å²) in [5.41, 5.74) is 1.31. The van der Waals surface area contributed by atoms with E-state index >= 15 is 0 Å². The van der Waals surface area contributed by atoms with Gasteiger partial charge in [-0.25, -0.2) is 8.42 Å². The summed E-state index contributed by atoms with van der Waals surface area (Å²) in [4.78, 5) is 4.17. The summed E-state index contributed by atoms with van der Waals surface area (Å²) in [7, 11) is -1.20. The molecule has 2 unspecified atom stereocenters. The Hall–Kier alpha value is -1.08. The lowest BCUT2D eigenvalue weighted by Crippen LogP contribution is -2.43. The molecule has 0 radical (unpaired) electrons. The zero-order chi connectivity index (χ0) is 15.9. The van der Waals surface area contributed by atoms with E-state index in [1.807, 2.05) is 6.92 Å². The van der Waals surface area contributed by atoms with Gasteiger partial charge in [0.1, 0.15) is 9.84 Å². The number of hydrogen-bond donors (Lipinski definition) is 2. The van der Waals surface area contributed by atoms with E-state index in [-0.39, 0.29) is 11.8 Å². The van der Waals surface area contributed by atoms with Gasteiger partial charge in [-0.2, -0.15) is 11.3 Å². The largest absolute Gasteiger partial charge is 0.356 e. The molecule has 0 amide bonds. The van der Waals surface area contributed by atoms with Crippen molar-refractivity contribution in [2.45, 2.75) is 32.2 Å². The number of nitrogens with one attached hydrogen (secondary N) is 2. The van der Waals surface area contributed by atoms with E-state index in [2.05, 4.69) is 39.4 Å². The lowest BCUT2D eigenvalue weighted by molar-refractivity contribution is 0.579. The third-order valence-electron chi connectivity index (χ3n) is 3.22. The van der Waals surface area contributed by atoms with Gasteiger partial charge in [0.25, 0.3) is 0 Å². The highest BCUT2D eigenvalue weighted by Gasteiger charge is 2.11. The maximum absolute atomic E-state index is 11.2. The van der Waals surface area contributed by atoms with Crippen LogP contribution in [0.3, 0.4) is 0 Å². The van der Waals surface area contributed by atoms with Gasteiger partial charge < -0.3 is 10.6 Å². The van der Waals surface area contributed by atoms with Gasteiger partial charge in [-0.1, -0.05) is 6.92 Å². The van der Waals surface area contributed by atoms with Crippen molar-refractivity contribution in [3.05, 3.63) is 22.4 Å². The molecule has 0 saturated carbocycles. The Labute approximate surface area is 131 Å². The van der Waals surface area contributed by atoms with E-state index in [9.17, 15) is 8.42 Å². The first-order valence-electron chi connectivity index (χ1n) is 6.99. The van der Waals surface area contributed by atoms with Crippen LogP contribution in [0.1, 0.15) is 31.7 Å². The Kier molecular flexibility index (Phi) is 7.17. The summed E-state index contributed by atoms with van der Waals surface area (Å²) in [6, 6.07) is 2.18. The average molecular weight is 332 g/mol. The molecule has 1 aromatic heterocycles. The summed E-state index contributed by atoms with van der Waals surface area (Å²) >= 11 is 1.70. The molecule has 1 rings (SSSR count). The monoisotopic (exact) mass is 331 g/mol. The van der Waals surface area contributed by atoms with Crippen LogP contribution in [0.25, 0.3) is 0 Å². The lowest BCUT2D eigenvalue weighted by atomic mass is 10.1. The molecule has 0 aliphatic rings. The van der Waals surface area contributed by atoms with Crippen LogP contribution >= 0.6 is 11.3 Å². The highest BCUT2D eigenvalue weighted by Crippen LogP contribution is 2.16. The molecule has 2 N–H and O–H groups in total. The molecule has 21 heavy (non-hydrogen) atoms. The smallest absolute Gasteiger partial charge is 0.191 e. The number of sulfone groups is 1. The van der Waals surface area contributed by atoms with Crippen LogP contribution in [-0.2, 0) is 9.84 Å². The summed E-state index contributed by atoms with van der Waals surface area (Å²) in [6.07, 6.45) is 1.83. The first-order chi connectivity index (χ1) is 9.81. The molecule has 120 valence electrons. The maximum Gasteiger partial charge on any atom is 0.191 e. The highest BCUT2D eigenvalue weighted by molar-refractivity contribution is 7.90. The van der Waals surface area contributed by atoms with Crippen LogP contribution < -0.4 is 10.6 Å². The SMILES string of the molecule is CN=C(NCC(C)c1ccsc1)NC(C)CCS(C)(=O)=O. The second kappa shape index (κ2) is 8.38. The van der Waals surface area contributed by atoms with Crippen molar-refractivity contribution in [2.24, 2.45) is 4.99 Å². The van der Waals surface area contributed by atoms with Crippen LogP contribution in [0.2, 0.25) is 0 Å². The Balaban J connectivity index is 2.38. The Bertz CT molecular complexity index is 539. The van der Waals surface area contributed by atoms with E-state index in [0.29, 0.717) is 18.3 Å². The van der Waals surface area contributed by atoms with Crippen molar-refractivity contribution in [3.8, 4) is 0 Å². The molecule has 0 bridgehead atoms. The van der Waals surface area contributed by atoms with Gasteiger partial charge in [0.2, 0.25) is 0 Å². The van der Waals surface area contributed by atoms with Gasteiger partial charge in [0, 0.05) is 25.9 Å². The van der Waals surface area contributed by atoms with Gasteiger partial charge in [0.15, 0.2) is 5.96 Å². The van der Waals surface area contributed by atoms with E-state index in [1.54, 1.807) is 18.4 Å². The van der Waals surface area contributed by atoms with Gasteiger partial charge >= 0.3 is 0 Å². The molecule has 7 heteroatoms. The Morgan fingerprint density at radius 2 is 2.14 bits per heavy atom. The fraction of sp³-hybridized carbons (Fsp3) is 0.643. The van der Waals surface area contributed by atoms with Gasteiger partial charge in [0.05, 0.1) is 5.75 Å². The van der Waals surface area contributed by atoms with Crippen LogP contribution in [-0.4, -0.2) is 46.0 Å². The minimum atomic E-state index is -2.92. The number of thiophene rings is 1. The van der Waals surface area contributed by atoms with Crippen LogP contribution in [0, 0.1) is 0 Å². The quantitative estimate of drug-likeness (QED) is 0.591. The molecule has 5 nitrogen and oxygen atoms in total. The first kappa shape index (κ1) is 18.0. The zero-order valence-electron chi connectivity index (χ0n) is 13.1. The third kappa shape index (κ3) is 7.47. The van der Waals surface area contributed by atoms with Crippen molar-refractivity contribution in [1.82, 2.24) is 10.6 Å². The molecule has 0 aromatic carbocycles. The number of hydrogen-bond acceptors (Lipinski definition) is 4. The molecule has 0 spiro atoms. The van der Waals surface area contributed by atoms with E-state index in [1.165, 1.54) is 11.8 Å². The zero-order valence-corrected chi connectivity index (χ0v) is 14.7. The average Bonchev–Trinajstić information content (AvgIpc) is 2.94. The number of guanidine groups is 1. The van der Waals surface area contributed by atoms with Crippen molar-refractivity contribution < 1.29 is 8.42 Å². The second-order valence-corrected chi connectivity index (χ2v) is 8.41. The molecular formula is C14H25N3O2S2. The lowest BCUT2D eigenvalue weighted by Gasteiger charge is -2.19. The van der Waals surface area contributed by atoms with Crippen molar-refractivity contribution in [2.75, 3.05) is 25.6 Å². The molecular weight excluding hydrogens is 306 g/mol. The highest BCUT2D eigenvalue weighted by atomic mass is 32.2. The molecule has 0 aliphatic carbocycles. The number of rotatable bonds is 7. The predicted octanol–water partition coefficient (Wildman–Crippen LogP) is 1.84. The fourth-order valence-corrected chi connectivity index (χ4v) is 3.38. The molecule has 1 aromatic rings. The third-order valence-corrected chi connectivity index (χ3v) is 4.90. The summed E-state index contributed by atoms with van der Waals surface area (Å²) < 4.78 is 22.3. The normalized spacial score (nSPS) is 15.5. The summed E-state index contributed by atoms with van der Waals surface area (Å²) in [5, 5.41) is 10.7. The Morgan fingerprint density at radius 1 is 1.43 bits per heavy atom. The minimum Gasteiger partial charge on any atom is -0.356 e. The van der Waals surface area contributed by atoms with Crippen LogP contribution in [0.4, 0.5) is 0 Å². The molecule has 0 aliphatic heterocycles. The van der Waals surface area contributed by atoms with Crippen LogP contribution in [0.5, 0.6) is 0 Å². The standard InChI is InChI=1S/C14H25N3O2S2/c1-11(13-5-7-20-10-13)9-16-14(15-3)17-12(2)6-8-21(4,18)19/h5,7,10-12H,6,8-9H2,1-4H3,(H2,15,16,17). The number of aliphatic imine (C=N–C) groups is 1. The minimum absolute atomic E-state index is 0.0578. The van der Waals surface area contributed by atoms with Gasteiger partial charge in [-0.3, -0.25) is 4.99 Å². The summed E-state index contributed by atoms with van der Waals surface area (Å²) in [5.74, 6) is 1.29. The maximum atomic E-state index is 11.2. The molecule has 0 fully saturated rings. The Morgan fingerprint density at radius 3 is 2.67 bits per heavy atom. The second-order valence-electron chi connectivity index (χ2n) is 5.37. The van der Waals surface area contributed by atoms with Gasteiger partial charge in [-0.15, -0.1) is 0 Å². The summed E-state index contributed by atoms with van der Waals surface area (Å²) in [6.45, 7) is 4.91. The van der Waals surface area contributed by atoms with Crippen molar-refractivity contribution in [1.29, 1.82) is 0 Å². The van der Waals surface area contributed by atoms with Crippen molar-refractivity contribution >= 4 is 27.1 Å². The van der Waals surface area contributed by atoms with Gasteiger partial charge in [-0.05, 0) is 41.7 Å². The predicted molar refractivity (Wildman–Crippen MR) is 91.0 cm³/mol. The molecule has 0 saturated heterocycles. The number of nitrogens with zero attached hydrogens (tertiary/aromatic N) is 1.